The minimum atomic E-state index is -0.229. The SMILES string of the molecule is CCCCC/C=C\C/C=C\CCCCCCCC(OCC(COC=O)COC(CCC(OCCCCCCCC)OCCCCCCCC)C1CCCO1)C1CCCO1. The topological polar surface area (TPSA) is 81.7 Å². The summed E-state index contributed by atoms with van der Waals surface area (Å²) >= 11 is 0. The molecule has 2 saturated heterocycles. The number of hydrogen-bond donors (Lipinski definition) is 0. The summed E-state index contributed by atoms with van der Waals surface area (Å²) in [6.45, 7) is 11.6. The van der Waals surface area contributed by atoms with Crippen molar-refractivity contribution in [3.63, 3.8) is 0 Å². The summed E-state index contributed by atoms with van der Waals surface area (Å²) in [5.74, 6) is -0.0682. The van der Waals surface area contributed by atoms with Crippen LogP contribution in [0.3, 0.4) is 0 Å². The van der Waals surface area contributed by atoms with Gasteiger partial charge >= 0.3 is 0 Å². The summed E-state index contributed by atoms with van der Waals surface area (Å²) < 4.78 is 43.7. The van der Waals surface area contributed by atoms with Crippen LogP contribution in [-0.2, 0) is 38.0 Å². The first-order valence-electron chi connectivity index (χ1n) is 25.3. The third-order valence-corrected chi connectivity index (χ3v) is 12.0. The van der Waals surface area contributed by atoms with E-state index < -0.39 is 0 Å². The molecule has 0 spiro atoms. The van der Waals surface area contributed by atoms with E-state index in [9.17, 15) is 4.79 Å². The Kier molecular flexibility index (Phi) is 37.2. The van der Waals surface area contributed by atoms with Crippen molar-refractivity contribution in [1.82, 2.24) is 0 Å². The molecule has 8 nitrogen and oxygen atoms in total. The molecule has 0 aromatic heterocycles. The third kappa shape index (κ3) is 30.4. The molecule has 0 radical (unpaired) electrons. The molecule has 8 heteroatoms. The molecule has 0 N–H and O–H groups in total. The van der Waals surface area contributed by atoms with E-state index in [1.807, 2.05) is 0 Å². The van der Waals surface area contributed by atoms with Crippen molar-refractivity contribution >= 4 is 6.47 Å². The quantitative estimate of drug-likeness (QED) is 0.0260. The van der Waals surface area contributed by atoms with Crippen LogP contribution in [0.4, 0.5) is 0 Å². The number of carbonyl (C=O) groups excluding carboxylic acids is 1. The van der Waals surface area contributed by atoms with Crippen molar-refractivity contribution in [2.24, 2.45) is 5.92 Å². The second kappa shape index (κ2) is 40.8. The minimum Gasteiger partial charge on any atom is -0.467 e. The number of hydrogen-bond acceptors (Lipinski definition) is 8. The van der Waals surface area contributed by atoms with Crippen LogP contribution in [-0.4, -0.2) is 83.4 Å². The maximum atomic E-state index is 11.3. The van der Waals surface area contributed by atoms with Gasteiger partial charge in [0.1, 0.15) is 0 Å². The first-order chi connectivity index (χ1) is 29.2. The van der Waals surface area contributed by atoms with Crippen LogP contribution in [0.15, 0.2) is 24.3 Å². The molecule has 2 heterocycles. The summed E-state index contributed by atoms with van der Waals surface area (Å²) in [5.41, 5.74) is 0. The zero-order chi connectivity index (χ0) is 42.1. The van der Waals surface area contributed by atoms with Gasteiger partial charge in [-0.15, -0.1) is 0 Å². The number of ether oxygens (including phenoxy) is 7. The molecule has 5 unspecified atom stereocenters. The fourth-order valence-corrected chi connectivity index (χ4v) is 8.25. The van der Waals surface area contributed by atoms with E-state index in [1.165, 1.54) is 122 Å². The number of carbonyl (C=O) groups is 1. The molecule has 2 aliphatic heterocycles. The van der Waals surface area contributed by atoms with Gasteiger partial charge in [0.2, 0.25) is 0 Å². The highest BCUT2D eigenvalue weighted by Crippen LogP contribution is 2.26. The predicted octanol–water partition coefficient (Wildman–Crippen LogP) is 13.6. The van der Waals surface area contributed by atoms with Gasteiger partial charge in [-0.1, -0.05) is 148 Å². The van der Waals surface area contributed by atoms with Gasteiger partial charge in [-0.3, -0.25) is 4.79 Å². The molecule has 5 atom stereocenters. The lowest BCUT2D eigenvalue weighted by atomic mass is 10.0. The smallest absolute Gasteiger partial charge is 0.293 e. The van der Waals surface area contributed by atoms with E-state index in [1.54, 1.807) is 0 Å². The molecule has 0 aliphatic carbocycles. The molecule has 0 aromatic carbocycles. The van der Waals surface area contributed by atoms with Gasteiger partial charge in [0, 0.05) is 38.8 Å². The van der Waals surface area contributed by atoms with E-state index in [0.717, 1.165) is 97.1 Å². The Morgan fingerprint density at radius 3 is 1.51 bits per heavy atom. The van der Waals surface area contributed by atoms with Crippen molar-refractivity contribution in [2.75, 3.05) is 46.2 Å². The Morgan fingerprint density at radius 2 is 0.983 bits per heavy atom. The Balaban J connectivity index is 1.84. The molecule has 0 bridgehead atoms. The highest BCUT2D eigenvalue weighted by Gasteiger charge is 2.30. The number of allylic oxidation sites excluding steroid dienone is 4. The summed E-state index contributed by atoms with van der Waals surface area (Å²) in [4.78, 5) is 11.3. The van der Waals surface area contributed by atoms with Gasteiger partial charge in [0.05, 0.1) is 44.2 Å². The molecular weight excluding hydrogens is 741 g/mol. The maximum Gasteiger partial charge on any atom is 0.293 e. The Bertz CT molecular complexity index is 928. The van der Waals surface area contributed by atoms with E-state index in [4.69, 9.17) is 33.2 Å². The summed E-state index contributed by atoms with van der Waals surface area (Å²) in [6, 6.07) is 0. The monoisotopic (exact) mass is 835 g/mol. The van der Waals surface area contributed by atoms with Crippen LogP contribution in [0.2, 0.25) is 0 Å². The van der Waals surface area contributed by atoms with Gasteiger partial charge in [0.25, 0.3) is 6.47 Å². The van der Waals surface area contributed by atoms with E-state index in [-0.39, 0.29) is 43.2 Å². The van der Waals surface area contributed by atoms with E-state index in [2.05, 4.69) is 45.1 Å². The third-order valence-electron chi connectivity index (χ3n) is 12.0. The predicted molar refractivity (Wildman–Crippen MR) is 244 cm³/mol. The molecule has 59 heavy (non-hydrogen) atoms. The molecule has 2 fully saturated rings. The molecule has 2 aliphatic rings. The van der Waals surface area contributed by atoms with E-state index in [0.29, 0.717) is 19.7 Å². The van der Waals surface area contributed by atoms with Crippen molar-refractivity contribution in [1.29, 1.82) is 0 Å². The van der Waals surface area contributed by atoms with Crippen molar-refractivity contribution in [3.8, 4) is 0 Å². The molecule has 0 aromatic rings. The van der Waals surface area contributed by atoms with Crippen LogP contribution in [0.5, 0.6) is 0 Å². The lowest BCUT2D eigenvalue weighted by Crippen LogP contribution is -2.35. The van der Waals surface area contributed by atoms with Crippen LogP contribution < -0.4 is 0 Å². The second-order valence-corrected chi connectivity index (χ2v) is 17.4. The van der Waals surface area contributed by atoms with Gasteiger partial charge in [-0.25, -0.2) is 0 Å². The average molecular weight is 835 g/mol. The highest BCUT2D eigenvalue weighted by molar-refractivity contribution is 5.36. The molecule has 2 rings (SSSR count). The summed E-state index contributed by atoms with van der Waals surface area (Å²) in [7, 11) is 0. The zero-order valence-electron chi connectivity index (χ0n) is 38.8. The van der Waals surface area contributed by atoms with Gasteiger partial charge in [-0.05, 0) is 83.5 Å². The van der Waals surface area contributed by atoms with Crippen LogP contribution in [0, 0.1) is 5.92 Å². The second-order valence-electron chi connectivity index (χ2n) is 17.4. The van der Waals surface area contributed by atoms with Crippen LogP contribution in [0.25, 0.3) is 0 Å². The molecular formula is C51H94O8. The Morgan fingerprint density at radius 1 is 0.508 bits per heavy atom. The fraction of sp³-hybridized carbons (Fsp3) is 0.902. The number of unbranched alkanes of at least 4 members (excludes halogenated alkanes) is 18. The van der Waals surface area contributed by atoms with Gasteiger partial charge in [-0.2, -0.15) is 0 Å². The van der Waals surface area contributed by atoms with Gasteiger partial charge < -0.3 is 33.2 Å². The number of rotatable bonds is 44. The molecule has 346 valence electrons. The van der Waals surface area contributed by atoms with Crippen LogP contribution in [0.1, 0.15) is 213 Å². The molecule has 0 saturated carbocycles. The largest absolute Gasteiger partial charge is 0.467 e. The van der Waals surface area contributed by atoms with Crippen molar-refractivity contribution in [2.45, 2.75) is 244 Å². The van der Waals surface area contributed by atoms with Crippen molar-refractivity contribution in [3.05, 3.63) is 24.3 Å². The first kappa shape index (κ1) is 53.8. The Labute approximate surface area is 364 Å². The van der Waals surface area contributed by atoms with E-state index >= 15 is 0 Å². The van der Waals surface area contributed by atoms with Crippen molar-refractivity contribution < 1.29 is 38.0 Å². The Hall–Kier alpha value is -1.29. The lowest BCUT2D eigenvalue weighted by Gasteiger charge is -2.29. The lowest BCUT2D eigenvalue weighted by molar-refractivity contribution is -0.158. The fourth-order valence-electron chi connectivity index (χ4n) is 8.25. The molecule has 0 amide bonds. The van der Waals surface area contributed by atoms with Gasteiger partial charge in [0.15, 0.2) is 6.29 Å². The maximum absolute atomic E-state index is 11.3. The zero-order valence-corrected chi connectivity index (χ0v) is 38.8. The summed E-state index contributed by atoms with van der Waals surface area (Å²) in [5, 5.41) is 0. The standard InChI is InChI=1S/C51H94O8/c1-4-7-10-13-16-17-18-19-20-21-22-23-24-25-28-33-49(47-34-31-40-54-47)58-43-46(42-53-45-52)44-59-50(48-35-32-41-55-48)36-37-51(56-38-29-26-14-11-8-5-2)57-39-30-27-15-12-9-6-3/h16-17,19-20,45-51H,4-15,18,21-44H2,1-3H3/b17-16-,20-19-. The highest BCUT2D eigenvalue weighted by atomic mass is 16.7. The normalized spacial score (nSPS) is 18.8. The van der Waals surface area contributed by atoms with Crippen LogP contribution >= 0.6 is 0 Å². The average Bonchev–Trinajstić information content (AvgIpc) is 4.00. The first-order valence-corrected chi connectivity index (χ1v) is 25.3. The minimum absolute atomic E-state index is 0.0523. The summed E-state index contributed by atoms with van der Waals surface area (Å²) in [6.07, 6.45) is 44.4.